The van der Waals surface area contributed by atoms with E-state index in [0.717, 1.165) is 33.9 Å². The molecule has 2 heterocycles. The van der Waals surface area contributed by atoms with E-state index in [-0.39, 0.29) is 0 Å². The van der Waals surface area contributed by atoms with E-state index in [1.165, 1.54) is 53.9 Å². The first kappa shape index (κ1) is 29.4. The molecule has 234 valence electrons. The Kier molecular flexibility index (Phi) is 7.03. The van der Waals surface area contributed by atoms with Crippen LogP contribution in [0, 0.1) is 0 Å². The number of fused-ring (bicyclic) bond motifs is 4. The van der Waals surface area contributed by atoms with Crippen molar-refractivity contribution in [3.05, 3.63) is 170 Å². The van der Waals surface area contributed by atoms with E-state index in [2.05, 4.69) is 182 Å². The molecule has 49 heavy (non-hydrogen) atoms. The van der Waals surface area contributed by atoms with Crippen LogP contribution in [0.3, 0.4) is 0 Å². The average molecular weight is 647 g/mol. The summed E-state index contributed by atoms with van der Waals surface area (Å²) in [5, 5.41) is 2.50. The van der Waals surface area contributed by atoms with Gasteiger partial charge >= 0.3 is 0 Å². The molecule has 0 unspecified atom stereocenters. The number of hydrogen-bond donors (Lipinski definition) is 0. The molecule has 0 amide bonds. The second kappa shape index (κ2) is 11.7. The van der Waals surface area contributed by atoms with Crippen LogP contribution in [0.5, 0.6) is 0 Å². The Morgan fingerprint density at radius 2 is 0.878 bits per heavy atom. The predicted octanol–water partition coefficient (Wildman–Crippen LogP) is 12.4. The van der Waals surface area contributed by atoms with Crippen molar-refractivity contribution in [3.63, 3.8) is 0 Å². The Balaban J connectivity index is 1.18. The van der Waals surface area contributed by atoms with Crippen molar-refractivity contribution in [2.75, 3.05) is 12.5 Å². The van der Waals surface area contributed by atoms with Crippen molar-refractivity contribution in [3.8, 4) is 67.3 Å². The Bertz CT molecular complexity index is 2530. The minimum atomic E-state index is -1.34. The van der Waals surface area contributed by atoms with Gasteiger partial charge in [0.15, 0.2) is 5.82 Å². The molecule has 0 spiro atoms. The fourth-order valence-electron chi connectivity index (χ4n) is 7.22. The van der Waals surface area contributed by atoms with Crippen LogP contribution >= 0.6 is 10.0 Å². The van der Waals surface area contributed by atoms with Gasteiger partial charge in [-0.2, -0.15) is 10.0 Å². The number of aromatic nitrogens is 2. The summed E-state index contributed by atoms with van der Waals surface area (Å²) >= 11 is 0. The highest BCUT2D eigenvalue weighted by Crippen LogP contribution is 2.68. The average Bonchev–Trinajstić information content (AvgIpc) is 3.40. The molecule has 0 fully saturated rings. The van der Waals surface area contributed by atoms with Gasteiger partial charge in [0.25, 0.3) is 0 Å². The van der Waals surface area contributed by atoms with Crippen molar-refractivity contribution in [1.29, 1.82) is 0 Å². The van der Waals surface area contributed by atoms with E-state index < -0.39 is 10.0 Å². The van der Waals surface area contributed by atoms with Gasteiger partial charge in [-0.05, 0) is 87.0 Å². The third-order valence-electron chi connectivity index (χ3n) is 9.71. The maximum absolute atomic E-state index is 5.44. The van der Waals surface area contributed by atoms with Crippen LogP contribution in [-0.2, 0) is 0 Å². The highest BCUT2D eigenvalue weighted by Gasteiger charge is 2.36. The van der Waals surface area contributed by atoms with E-state index in [9.17, 15) is 0 Å². The molecule has 9 rings (SSSR count). The molecule has 1 aromatic heterocycles. The zero-order valence-corrected chi connectivity index (χ0v) is 28.3. The standard InChI is InChI=1S/C46H34N2S/c1-49(2)42-24-9-8-23-41(42)44-45(49)43(39-21-11-17-34(29-39)31-13-4-3-5-14-31)47-46(48-44)40-22-12-20-37(30-40)35-18-10-19-36(28-35)38-26-25-32-15-6-7-16-33(32)27-38/h3-30H,1-2H3. The van der Waals surface area contributed by atoms with Gasteiger partial charge in [0.05, 0.1) is 11.4 Å². The van der Waals surface area contributed by atoms with Crippen molar-refractivity contribution < 1.29 is 0 Å². The normalized spacial score (nSPS) is 13.5. The monoisotopic (exact) mass is 646 g/mol. The third-order valence-corrected chi connectivity index (χ3v) is 12.6. The second-order valence-corrected chi connectivity index (χ2v) is 16.6. The van der Waals surface area contributed by atoms with Crippen LogP contribution in [0.1, 0.15) is 0 Å². The summed E-state index contributed by atoms with van der Waals surface area (Å²) in [6.45, 7) is 0. The van der Waals surface area contributed by atoms with Crippen LogP contribution in [0.4, 0.5) is 0 Å². The topological polar surface area (TPSA) is 25.8 Å². The molecule has 1 aliphatic heterocycles. The predicted molar refractivity (Wildman–Crippen MR) is 208 cm³/mol. The highest BCUT2D eigenvalue weighted by molar-refractivity contribution is 8.33. The van der Waals surface area contributed by atoms with E-state index in [1.54, 1.807) is 0 Å². The van der Waals surface area contributed by atoms with Gasteiger partial charge in [-0.1, -0.05) is 140 Å². The molecule has 0 atom stereocenters. The summed E-state index contributed by atoms with van der Waals surface area (Å²) in [5.41, 5.74) is 12.5. The maximum atomic E-state index is 5.44. The molecule has 0 aliphatic carbocycles. The number of rotatable bonds is 5. The largest absolute Gasteiger partial charge is 0.227 e. The number of hydrogen-bond acceptors (Lipinski definition) is 2. The first-order valence-corrected chi connectivity index (χ1v) is 19.1. The van der Waals surface area contributed by atoms with Crippen LogP contribution in [0.25, 0.3) is 78.1 Å². The molecule has 0 bridgehead atoms. The van der Waals surface area contributed by atoms with E-state index in [4.69, 9.17) is 9.97 Å². The van der Waals surface area contributed by atoms with Crippen molar-refractivity contribution in [2.24, 2.45) is 0 Å². The van der Waals surface area contributed by atoms with Crippen LogP contribution < -0.4 is 0 Å². The Labute approximate surface area is 289 Å². The van der Waals surface area contributed by atoms with Gasteiger partial charge in [0.2, 0.25) is 0 Å². The SMILES string of the molecule is CS1(C)c2ccccc2-c2nc(-c3cccc(-c4cccc(-c5ccc6ccccc6c5)c4)c3)nc(-c3cccc(-c4ccccc4)c3)c21. The Morgan fingerprint density at radius 1 is 0.367 bits per heavy atom. The molecule has 3 heteroatoms. The van der Waals surface area contributed by atoms with Crippen molar-refractivity contribution in [1.82, 2.24) is 9.97 Å². The first-order valence-electron chi connectivity index (χ1n) is 16.6. The van der Waals surface area contributed by atoms with E-state index in [1.807, 2.05) is 0 Å². The third kappa shape index (κ3) is 5.15. The first-order chi connectivity index (χ1) is 24.0. The molecular formula is C46H34N2S. The summed E-state index contributed by atoms with van der Waals surface area (Å²) in [4.78, 5) is 13.4. The Hall–Kier alpha value is -5.77. The molecule has 7 aromatic carbocycles. The van der Waals surface area contributed by atoms with E-state index >= 15 is 0 Å². The van der Waals surface area contributed by atoms with Crippen LogP contribution in [0.15, 0.2) is 180 Å². The molecule has 0 N–H and O–H groups in total. The molecular weight excluding hydrogens is 613 g/mol. The number of benzene rings is 7. The summed E-state index contributed by atoms with van der Waals surface area (Å²) in [6.07, 6.45) is 4.77. The second-order valence-electron chi connectivity index (χ2n) is 13.1. The van der Waals surface area contributed by atoms with Crippen molar-refractivity contribution >= 4 is 20.8 Å². The summed E-state index contributed by atoms with van der Waals surface area (Å²) in [5.74, 6) is 0.748. The molecule has 0 saturated heterocycles. The van der Waals surface area contributed by atoms with Gasteiger partial charge in [0, 0.05) is 26.5 Å². The minimum absolute atomic E-state index is 0.748. The summed E-state index contributed by atoms with van der Waals surface area (Å²) < 4.78 is 0. The lowest BCUT2D eigenvalue weighted by atomic mass is 9.96. The smallest absolute Gasteiger partial charge is 0.160 e. The lowest BCUT2D eigenvalue weighted by Crippen LogP contribution is -2.02. The lowest BCUT2D eigenvalue weighted by molar-refractivity contribution is 1.12. The van der Waals surface area contributed by atoms with Crippen molar-refractivity contribution in [2.45, 2.75) is 9.79 Å². The van der Waals surface area contributed by atoms with Crippen LogP contribution in [0.2, 0.25) is 0 Å². The molecule has 0 radical (unpaired) electrons. The van der Waals surface area contributed by atoms with Gasteiger partial charge in [0.1, 0.15) is 0 Å². The summed E-state index contributed by atoms with van der Waals surface area (Å²) in [7, 11) is -1.34. The zero-order chi connectivity index (χ0) is 33.0. The molecule has 0 saturated carbocycles. The summed E-state index contributed by atoms with van der Waals surface area (Å²) in [6, 6.07) is 60.9. The quantitative estimate of drug-likeness (QED) is 0.186. The molecule has 1 aliphatic rings. The lowest BCUT2D eigenvalue weighted by Gasteiger charge is -2.29. The van der Waals surface area contributed by atoms with Crippen LogP contribution in [-0.4, -0.2) is 22.5 Å². The maximum Gasteiger partial charge on any atom is 0.160 e. The fraction of sp³-hybridized carbons (Fsp3) is 0.0435. The zero-order valence-electron chi connectivity index (χ0n) is 27.5. The fourth-order valence-corrected chi connectivity index (χ4v) is 9.86. The van der Waals surface area contributed by atoms with Gasteiger partial charge in [-0.25, -0.2) is 9.97 Å². The Morgan fingerprint density at radius 3 is 1.63 bits per heavy atom. The van der Waals surface area contributed by atoms with Gasteiger partial charge in [-0.3, -0.25) is 0 Å². The van der Waals surface area contributed by atoms with E-state index in [0.29, 0.717) is 0 Å². The highest BCUT2D eigenvalue weighted by atomic mass is 32.3. The number of nitrogens with zero attached hydrogens (tertiary/aromatic N) is 2. The van der Waals surface area contributed by atoms with Gasteiger partial charge in [-0.15, -0.1) is 0 Å². The molecule has 8 aromatic rings. The minimum Gasteiger partial charge on any atom is -0.227 e. The molecule has 2 nitrogen and oxygen atoms in total. The van der Waals surface area contributed by atoms with Gasteiger partial charge < -0.3 is 0 Å².